The molecule has 2 rings (SSSR count). The lowest BCUT2D eigenvalue weighted by Crippen LogP contribution is -2.22. The maximum Gasteiger partial charge on any atom is 0.131 e. The fraction of sp³-hybridized carbons (Fsp3) is 0.438. The van der Waals surface area contributed by atoms with E-state index in [0.29, 0.717) is 6.54 Å². The van der Waals surface area contributed by atoms with Crippen LogP contribution in [0, 0.1) is 6.92 Å². The van der Waals surface area contributed by atoms with Crippen LogP contribution in [0.1, 0.15) is 30.2 Å². The van der Waals surface area contributed by atoms with Crippen molar-refractivity contribution in [3.05, 3.63) is 47.5 Å². The van der Waals surface area contributed by atoms with E-state index in [-0.39, 0.29) is 6.04 Å². The molecule has 0 aromatic carbocycles. The van der Waals surface area contributed by atoms with Gasteiger partial charge in [0.2, 0.25) is 0 Å². The first-order chi connectivity index (χ1) is 9.60. The Kier molecular flexibility index (Phi) is 4.79. The molecule has 2 heterocycles. The molecule has 0 fully saturated rings. The number of aromatic nitrogens is 1. The van der Waals surface area contributed by atoms with Gasteiger partial charge in [0.1, 0.15) is 11.6 Å². The number of nitrogens with zero attached hydrogens (tertiary/aromatic N) is 2. The summed E-state index contributed by atoms with van der Waals surface area (Å²) < 4.78 is 5.37. The number of furan rings is 1. The van der Waals surface area contributed by atoms with Crippen LogP contribution >= 0.6 is 0 Å². The van der Waals surface area contributed by atoms with E-state index < -0.39 is 0 Å². The van der Waals surface area contributed by atoms with Gasteiger partial charge in [0.05, 0.1) is 12.8 Å². The quantitative estimate of drug-likeness (QED) is 0.879. The summed E-state index contributed by atoms with van der Waals surface area (Å²) in [6.45, 7) is 4.91. The van der Waals surface area contributed by atoms with Crippen LogP contribution in [0.2, 0.25) is 0 Å². The van der Waals surface area contributed by atoms with Crippen LogP contribution in [-0.2, 0) is 13.0 Å². The zero-order chi connectivity index (χ0) is 14.5. The smallest absolute Gasteiger partial charge is 0.131 e. The zero-order valence-electron chi connectivity index (χ0n) is 12.5. The van der Waals surface area contributed by atoms with Crippen molar-refractivity contribution in [1.29, 1.82) is 0 Å². The van der Waals surface area contributed by atoms with Gasteiger partial charge in [-0.05, 0) is 43.0 Å². The highest BCUT2D eigenvalue weighted by Gasteiger charge is 2.10. The molecule has 1 unspecified atom stereocenters. The van der Waals surface area contributed by atoms with Crippen molar-refractivity contribution in [3.63, 3.8) is 0 Å². The van der Waals surface area contributed by atoms with Gasteiger partial charge in [0.25, 0.3) is 0 Å². The van der Waals surface area contributed by atoms with Crippen LogP contribution < -0.4 is 10.6 Å². The third-order valence-electron chi connectivity index (χ3n) is 3.46. The highest BCUT2D eigenvalue weighted by molar-refractivity contribution is 5.46. The highest BCUT2D eigenvalue weighted by atomic mass is 16.3. The predicted octanol–water partition coefficient (Wildman–Crippen LogP) is 2.90. The van der Waals surface area contributed by atoms with Gasteiger partial charge in [-0.25, -0.2) is 4.98 Å². The lowest BCUT2D eigenvalue weighted by molar-refractivity contribution is 0.507. The third kappa shape index (κ3) is 3.61. The molecule has 2 aromatic rings. The van der Waals surface area contributed by atoms with E-state index in [4.69, 9.17) is 10.2 Å². The molecule has 0 radical (unpaired) electrons. The average molecular weight is 273 g/mol. The molecule has 0 aliphatic heterocycles. The molecule has 108 valence electrons. The molecule has 0 amide bonds. The summed E-state index contributed by atoms with van der Waals surface area (Å²) >= 11 is 0. The first kappa shape index (κ1) is 14.6. The Hall–Kier alpha value is -1.81. The molecule has 0 saturated carbocycles. The van der Waals surface area contributed by atoms with Crippen LogP contribution in [0.5, 0.6) is 0 Å². The Balaban J connectivity index is 2.08. The minimum Gasteiger partial charge on any atom is -0.467 e. The molecule has 4 heteroatoms. The number of anilines is 1. The number of nitrogens with two attached hydrogens (primary N) is 1. The molecule has 0 spiro atoms. The van der Waals surface area contributed by atoms with E-state index in [1.54, 1.807) is 6.26 Å². The second kappa shape index (κ2) is 6.57. The number of hydrogen-bond acceptors (Lipinski definition) is 4. The van der Waals surface area contributed by atoms with Gasteiger partial charge in [-0.3, -0.25) is 0 Å². The topological polar surface area (TPSA) is 55.3 Å². The Bertz CT molecular complexity index is 537. The van der Waals surface area contributed by atoms with Gasteiger partial charge in [-0.1, -0.05) is 13.0 Å². The molecule has 2 N–H and O–H groups in total. The van der Waals surface area contributed by atoms with Gasteiger partial charge in [0, 0.05) is 19.3 Å². The number of aryl methyl sites for hydroxylation is 1. The van der Waals surface area contributed by atoms with Gasteiger partial charge in [0.15, 0.2) is 0 Å². The van der Waals surface area contributed by atoms with Gasteiger partial charge in [-0.15, -0.1) is 0 Å². The molecular formula is C16H23N3O. The van der Waals surface area contributed by atoms with Crippen LogP contribution in [0.4, 0.5) is 5.82 Å². The van der Waals surface area contributed by atoms with Gasteiger partial charge in [-0.2, -0.15) is 0 Å². The predicted molar refractivity (Wildman–Crippen MR) is 81.8 cm³/mol. The van der Waals surface area contributed by atoms with E-state index in [1.165, 1.54) is 11.1 Å². The number of rotatable bonds is 6. The Morgan fingerprint density at radius 2 is 2.25 bits per heavy atom. The van der Waals surface area contributed by atoms with E-state index in [0.717, 1.165) is 24.4 Å². The molecule has 2 aromatic heterocycles. The highest BCUT2D eigenvalue weighted by Crippen LogP contribution is 2.19. The minimum absolute atomic E-state index is 0.211. The van der Waals surface area contributed by atoms with Gasteiger partial charge >= 0.3 is 0 Å². The lowest BCUT2D eigenvalue weighted by Gasteiger charge is -2.20. The second-order valence-corrected chi connectivity index (χ2v) is 5.29. The summed E-state index contributed by atoms with van der Waals surface area (Å²) in [4.78, 5) is 6.67. The van der Waals surface area contributed by atoms with Crippen LogP contribution in [0.3, 0.4) is 0 Å². The van der Waals surface area contributed by atoms with Crippen molar-refractivity contribution in [2.75, 3.05) is 11.9 Å². The Labute approximate surface area is 120 Å². The maximum absolute atomic E-state index is 5.99. The van der Waals surface area contributed by atoms with Crippen molar-refractivity contribution in [3.8, 4) is 0 Å². The molecule has 4 nitrogen and oxygen atoms in total. The summed E-state index contributed by atoms with van der Waals surface area (Å²) in [7, 11) is 2.02. The van der Waals surface area contributed by atoms with Crippen molar-refractivity contribution < 1.29 is 4.42 Å². The maximum atomic E-state index is 5.99. The fourth-order valence-corrected chi connectivity index (χ4v) is 2.30. The number of pyridine rings is 1. The first-order valence-corrected chi connectivity index (χ1v) is 7.04. The Morgan fingerprint density at radius 1 is 1.45 bits per heavy atom. The lowest BCUT2D eigenvalue weighted by atomic mass is 10.0. The van der Waals surface area contributed by atoms with E-state index >= 15 is 0 Å². The van der Waals surface area contributed by atoms with Crippen molar-refractivity contribution >= 4 is 5.82 Å². The fourth-order valence-electron chi connectivity index (χ4n) is 2.30. The summed E-state index contributed by atoms with van der Waals surface area (Å²) in [6.07, 6.45) is 5.49. The summed E-state index contributed by atoms with van der Waals surface area (Å²) in [5.41, 5.74) is 8.36. The molecule has 1 atom stereocenters. The van der Waals surface area contributed by atoms with Crippen LogP contribution in [0.15, 0.2) is 35.1 Å². The molecule has 0 saturated heterocycles. The first-order valence-electron chi connectivity index (χ1n) is 7.04. The molecule has 0 aliphatic carbocycles. The molecule has 20 heavy (non-hydrogen) atoms. The van der Waals surface area contributed by atoms with Crippen LogP contribution in [0.25, 0.3) is 0 Å². The number of hydrogen-bond donors (Lipinski definition) is 1. The van der Waals surface area contributed by atoms with E-state index in [9.17, 15) is 0 Å². The zero-order valence-corrected chi connectivity index (χ0v) is 12.5. The molecular weight excluding hydrogens is 250 g/mol. The van der Waals surface area contributed by atoms with E-state index in [1.807, 2.05) is 25.4 Å². The SMILES string of the molecule is CCC(N)Cc1cnc(N(C)Cc2ccco2)c(C)c1. The summed E-state index contributed by atoms with van der Waals surface area (Å²) in [5.74, 6) is 1.92. The van der Waals surface area contributed by atoms with Crippen LogP contribution in [-0.4, -0.2) is 18.1 Å². The van der Waals surface area contributed by atoms with E-state index in [2.05, 4.69) is 29.8 Å². The van der Waals surface area contributed by atoms with Crippen molar-refractivity contribution in [2.24, 2.45) is 5.73 Å². The monoisotopic (exact) mass is 273 g/mol. The van der Waals surface area contributed by atoms with Gasteiger partial charge < -0.3 is 15.1 Å². The normalized spacial score (nSPS) is 12.4. The largest absolute Gasteiger partial charge is 0.467 e. The summed E-state index contributed by atoms with van der Waals surface area (Å²) in [5, 5.41) is 0. The van der Waals surface area contributed by atoms with Crippen molar-refractivity contribution in [2.45, 2.75) is 39.3 Å². The minimum atomic E-state index is 0.211. The van der Waals surface area contributed by atoms with Crippen molar-refractivity contribution in [1.82, 2.24) is 4.98 Å². The molecule has 0 bridgehead atoms. The average Bonchev–Trinajstić information content (AvgIpc) is 2.91. The third-order valence-corrected chi connectivity index (χ3v) is 3.46. The summed E-state index contributed by atoms with van der Waals surface area (Å²) in [6, 6.07) is 6.26. The standard InChI is InChI=1S/C16H23N3O/c1-4-14(17)9-13-8-12(2)16(18-10-13)19(3)11-15-6-5-7-20-15/h5-8,10,14H,4,9,11,17H2,1-3H3. The molecule has 0 aliphatic rings. The Morgan fingerprint density at radius 3 is 2.85 bits per heavy atom. The second-order valence-electron chi connectivity index (χ2n) is 5.29.